The van der Waals surface area contributed by atoms with Gasteiger partial charge in [0.05, 0.1) is 22.7 Å². The highest BCUT2D eigenvalue weighted by atomic mass is 19.1. The number of benzene rings is 2. The van der Waals surface area contributed by atoms with Crippen molar-refractivity contribution in [2.45, 2.75) is 6.54 Å². The Labute approximate surface area is 131 Å². The van der Waals surface area contributed by atoms with Gasteiger partial charge in [0.15, 0.2) is 11.5 Å². The average molecular weight is 309 g/mol. The van der Waals surface area contributed by atoms with Gasteiger partial charge in [0.1, 0.15) is 31.4 Å². The number of nitrogens with zero attached hydrogens (tertiary/aromatic N) is 3. The summed E-state index contributed by atoms with van der Waals surface area (Å²) < 4.78 is 27.0. The summed E-state index contributed by atoms with van der Waals surface area (Å²) in [4.78, 5) is 4.51. The summed E-state index contributed by atoms with van der Waals surface area (Å²) in [6, 6.07) is 12.0. The number of ether oxygens (including phenoxy) is 2. The zero-order chi connectivity index (χ0) is 15.8. The van der Waals surface area contributed by atoms with Crippen LogP contribution < -0.4 is 9.47 Å². The van der Waals surface area contributed by atoms with Gasteiger partial charge >= 0.3 is 0 Å². The number of aromatic nitrogens is 2. The average Bonchev–Trinajstić information content (AvgIpc) is 2.91. The molecule has 1 aliphatic heterocycles. The van der Waals surface area contributed by atoms with Crippen molar-refractivity contribution in [3.05, 3.63) is 42.2 Å². The Kier molecular flexibility index (Phi) is 3.12. The number of hydrogen-bond acceptors (Lipinski definition) is 4. The molecule has 2 aromatic carbocycles. The quantitative estimate of drug-likeness (QED) is 0.729. The molecule has 0 atom stereocenters. The number of halogens is 1. The second-order valence-electron chi connectivity index (χ2n) is 5.14. The number of imidazole rings is 1. The number of rotatable bonds is 2. The molecule has 0 fully saturated rings. The fraction of sp³-hybridized carbons (Fsp3) is 0.176. The first-order valence-electron chi connectivity index (χ1n) is 7.19. The van der Waals surface area contributed by atoms with Crippen LogP contribution in [0.5, 0.6) is 11.5 Å². The third-order valence-corrected chi connectivity index (χ3v) is 3.76. The molecular weight excluding hydrogens is 297 g/mol. The summed E-state index contributed by atoms with van der Waals surface area (Å²) in [7, 11) is 0. The monoisotopic (exact) mass is 309 g/mol. The Hall–Kier alpha value is -3.07. The van der Waals surface area contributed by atoms with E-state index in [1.807, 2.05) is 0 Å². The Balaban J connectivity index is 1.99. The molecular formula is C17H12FN3O2. The lowest BCUT2D eigenvalue weighted by Crippen LogP contribution is -2.15. The van der Waals surface area contributed by atoms with E-state index in [2.05, 4.69) is 11.1 Å². The minimum Gasteiger partial charge on any atom is -0.486 e. The standard InChI is InChI=1S/C17H12FN3O2/c18-12-4-2-1-3-11(12)17-20-13-9-15-16(23-8-7-22-15)10-14(13)21(17)6-5-19/h1-4,9-10H,6-8H2. The van der Waals surface area contributed by atoms with Crippen LogP contribution in [0.15, 0.2) is 36.4 Å². The van der Waals surface area contributed by atoms with Crippen LogP contribution in [0.4, 0.5) is 4.39 Å². The summed E-state index contributed by atoms with van der Waals surface area (Å²) >= 11 is 0. The van der Waals surface area contributed by atoms with Crippen molar-refractivity contribution in [2.75, 3.05) is 13.2 Å². The molecule has 3 aromatic rings. The zero-order valence-corrected chi connectivity index (χ0v) is 12.1. The van der Waals surface area contributed by atoms with E-state index in [1.54, 1.807) is 34.9 Å². The van der Waals surface area contributed by atoms with Crippen LogP contribution in [-0.4, -0.2) is 22.8 Å². The SMILES string of the molecule is N#CCn1c(-c2ccccc2F)nc2cc3c(cc21)OCCO3. The Morgan fingerprint density at radius 3 is 2.65 bits per heavy atom. The minimum absolute atomic E-state index is 0.0693. The first-order valence-corrected chi connectivity index (χ1v) is 7.19. The molecule has 0 aliphatic carbocycles. The zero-order valence-electron chi connectivity index (χ0n) is 12.1. The predicted molar refractivity (Wildman–Crippen MR) is 81.7 cm³/mol. The van der Waals surface area contributed by atoms with E-state index >= 15 is 0 Å². The maximum atomic E-state index is 14.1. The fourth-order valence-corrected chi connectivity index (χ4v) is 2.74. The van der Waals surface area contributed by atoms with Crippen molar-refractivity contribution in [1.29, 1.82) is 5.26 Å². The van der Waals surface area contributed by atoms with Gasteiger partial charge in [0.2, 0.25) is 0 Å². The molecule has 0 saturated carbocycles. The summed E-state index contributed by atoms with van der Waals surface area (Å²) in [6.45, 7) is 1.03. The summed E-state index contributed by atoms with van der Waals surface area (Å²) in [5.41, 5.74) is 1.72. The predicted octanol–water partition coefficient (Wildman–Crippen LogP) is 3.14. The second-order valence-corrected chi connectivity index (χ2v) is 5.14. The van der Waals surface area contributed by atoms with E-state index < -0.39 is 0 Å². The molecule has 1 aliphatic rings. The van der Waals surface area contributed by atoms with Gasteiger partial charge in [-0.25, -0.2) is 9.37 Å². The van der Waals surface area contributed by atoms with Crippen LogP contribution in [0, 0.1) is 17.1 Å². The van der Waals surface area contributed by atoms with Gasteiger partial charge in [-0.1, -0.05) is 12.1 Å². The van der Waals surface area contributed by atoms with Gasteiger partial charge in [0, 0.05) is 12.1 Å². The summed E-state index contributed by atoms with van der Waals surface area (Å²) in [5.74, 6) is 1.27. The lowest BCUT2D eigenvalue weighted by atomic mass is 10.2. The molecule has 0 amide bonds. The van der Waals surface area contributed by atoms with Gasteiger partial charge in [-0.15, -0.1) is 0 Å². The molecule has 4 rings (SSSR count). The van der Waals surface area contributed by atoms with Crippen LogP contribution in [0.1, 0.15) is 0 Å². The third-order valence-electron chi connectivity index (χ3n) is 3.76. The largest absolute Gasteiger partial charge is 0.486 e. The topological polar surface area (TPSA) is 60.1 Å². The van der Waals surface area contributed by atoms with Crippen molar-refractivity contribution < 1.29 is 13.9 Å². The molecule has 114 valence electrons. The number of fused-ring (bicyclic) bond motifs is 2. The highest BCUT2D eigenvalue weighted by Crippen LogP contribution is 2.36. The second kappa shape index (κ2) is 5.29. The normalized spacial score (nSPS) is 13.0. The van der Waals surface area contributed by atoms with Crippen molar-refractivity contribution in [1.82, 2.24) is 9.55 Å². The van der Waals surface area contributed by atoms with Crippen molar-refractivity contribution in [3.8, 4) is 29.0 Å². The molecule has 23 heavy (non-hydrogen) atoms. The van der Waals surface area contributed by atoms with Crippen LogP contribution in [0.2, 0.25) is 0 Å². The van der Waals surface area contributed by atoms with Crippen molar-refractivity contribution in [2.24, 2.45) is 0 Å². The van der Waals surface area contributed by atoms with Crippen LogP contribution in [-0.2, 0) is 6.54 Å². The Bertz CT molecular complexity index is 943. The molecule has 0 unspecified atom stereocenters. The number of nitriles is 1. The highest BCUT2D eigenvalue weighted by molar-refractivity contribution is 5.84. The van der Waals surface area contributed by atoms with E-state index in [0.717, 1.165) is 0 Å². The first-order chi connectivity index (χ1) is 11.3. The molecule has 0 N–H and O–H groups in total. The van der Waals surface area contributed by atoms with E-state index in [-0.39, 0.29) is 12.4 Å². The molecule has 0 radical (unpaired) electrons. The van der Waals surface area contributed by atoms with Gasteiger partial charge in [-0.3, -0.25) is 0 Å². The van der Waals surface area contributed by atoms with Gasteiger partial charge < -0.3 is 14.0 Å². The van der Waals surface area contributed by atoms with Crippen LogP contribution >= 0.6 is 0 Å². The molecule has 6 heteroatoms. The smallest absolute Gasteiger partial charge is 0.163 e. The van der Waals surface area contributed by atoms with E-state index in [9.17, 15) is 4.39 Å². The van der Waals surface area contributed by atoms with E-state index in [1.165, 1.54) is 6.07 Å². The molecule has 0 spiro atoms. The molecule has 0 bridgehead atoms. The highest BCUT2D eigenvalue weighted by Gasteiger charge is 2.20. The van der Waals surface area contributed by atoms with Gasteiger partial charge in [-0.05, 0) is 12.1 Å². The Morgan fingerprint density at radius 2 is 1.91 bits per heavy atom. The third kappa shape index (κ3) is 2.18. The molecule has 2 heterocycles. The van der Waals surface area contributed by atoms with Crippen molar-refractivity contribution in [3.63, 3.8) is 0 Å². The van der Waals surface area contributed by atoms with Crippen molar-refractivity contribution >= 4 is 11.0 Å². The maximum absolute atomic E-state index is 14.1. The first kappa shape index (κ1) is 13.6. The summed E-state index contributed by atoms with van der Waals surface area (Å²) in [6.07, 6.45) is 0. The van der Waals surface area contributed by atoms with E-state index in [4.69, 9.17) is 14.7 Å². The van der Waals surface area contributed by atoms with Crippen LogP contribution in [0.25, 0.3) is 22.4 Å². The molecule has 1 aromatic heterocycles. The fourth-order valence-electron chi connectivity index (χ4n) is 2.74. The molecule has 5 nitrogen and oxygen atoms in total. The minimum atomic E-state index is -0.376. The number of hydrogen-bond donors (Lipinski definition) is 0. The molecule has 0 saturated heterocycles. The van der Waals surface area contributed by atoms with Gasteiger partial charge in [-0.2, -0.15) is 5.26 Å². The van der Waals surface area contributed by atoms with Gasteiger partial charge in [0.25, 0.3) is 0 Å². The van der Waals surface area contributed by atoms with Crippen LogP contribution in [0.3, 0.4) is 0 Å². The summed E-state index contributed by atoms with van der Waals surface area (Å²) in [5, 5.41) is 9.13. The lowest BCUT2D eigenvalue weighted by molar-refractivity contribution is 0.172. The maximum Gasteiger partial charge on any atom is 0.163 e. The Morgan fingerprint density at radius 1 is 1.17 bits per heavy atom. The lowest BCUT2D eigenvalue weighted by Gasteiger charge is -2.18. The van der Waals surface area contributed by atoms with E-state index in [0.29, 0.717) is 47.1 Å².